The number of amides is 1. The molecule has 0 aliphatic rings. The Morgan fingerprint density at radius 2 is 2.00 bits per heavy atom. The maximum absolute atomic E-state index is 11.0. The van der Waals surface area contributed by atoms with Crippen molar-refractivity contribution in [3.05, 3.63) is 0 Å². The molecule has 0 aliphatic carbocycles. The molecule has 0 radical (unpaired) electrons. The van der Waals surface area contributed by atoms with Crippen molar-refractivity contribution in [1.29, 1.82) is 0 Å². The lowest BCUT2D eigenvalue weighted by Crippen LogP contribution is -2.31. The zero-order valence-electron chi connectivity index (χ0n) is 6.16. The van der Waals surface area contributed by atoms with Gasteiger partial charge in [0.25, 0.3) is 0 Å². The lowest BCUT2D eigenvalue weighted by molar-refractivity contribution is -0.117. The van der Waals surface area contributed by atoms with Gasteiger partial charge in [0.05, 0.1) is 11.5 Å². The lowest BCUT2D eigenvalue weighted by Gasteiger charge is -2.04. The van der Waals surface area contributed by atoms with Crippen LogP contribution < -0.4 is 5.73 Å². The number of halogens is 2. The number of alkyl halides is 2. The van der Waals surface area contributed by atoms with Gasteiger partial charge < -0.3 is 5.73 Å². The summed E-state index contributed by atoms with van der Waals surface area (Å²) in [5, 5.41) is -1.17. The summed E-state index contributed by atoms with van der Waals surface area (Å²) >= 11 is 10.5. The molecule has 1 amide bonds. The first-order chi connectivity index (χ1) is 5.39. The third kappa shape index (κ3) is 4.79. The molecular formula is C5H9Cl2NO3S. The second-order valence-corrected chi connectivity index (χ2v) is 5.31. The number of hydrogen-bond acceptors (Lipinski definition) is 3. The third-order valence-corrected chi connectivity index (χ3v) is 3.73. The molecule has 72 valence electrons. The summed E-state index contributed by atoms with van der Waals surface area (Å²) in [5.41, 5.74) is 4.77. The molecule has 7 heteroatoms. The van der Waals surface area contributed by atoms with Crippen LogP contribution in [0.25, 0.3) is 0 Å². The van der Waals surface area contributed by atoms with E-state index >= 15 is 0 Å². The molecule has 4 nitrogen and oxygen atoms in total. The smallest absolute Gasteiger partial charge is 0.236 e. The molecule has 0 aliphatic heterocycles. The van der Waals surface area contributed by atoms with E-state index in [1.165, 1.54) is 0 Å². The Hall–Kier alpha value is -0.000000000000000111. The number of nitrogens with two attached hydrogens (primary N) is 1. The van der Waals surface area contributed by atoms with E-state index in [1.807, 2.05) is 0 Å². The molecule has 0 aromatic carbocycles. The number of sulfone groups is 1. The molecule has 0 bridgehead atoms. The SMILES string of the molecule is NC(=O)C(Cl)CS(=O)(=O)CCCl. The van der Waals surface area contributed by atoms with Crippen LogP contribution in [0.15, 0.2) is 0 Å². The molecule has 0 aromatic rings. The fourth-order valence-corrected chi connectivity index (χ4v) is 2.80. The maximum atomic E-state index is 11.0. The highest BCUT2D eigenvalue weighted by molar-refractivity contribution is 7.91. The van der Waals surface area contributed by atoms with Gasteiger partial charge in [0.2, 0.25) is 5.91 Å². The normalized spacial score (nSPS) is 14.2. The van der Waals surface area contributed by atoms with Gasteiger partial charge in [-0.05, 0) is 0 Å². The molecule has 12 heavy (non-hydrogen) atoms. The minimum Gasteiger partial charge on any atom is -0.368 e. The second kappa shape index (κ2) is 4.89. The van der Waals surface area contributed by atoms with E-state index in [9.17, 15) is 13.2 Å². The molecule has 2 N–H and O–H groups in total. The summed E-state index contributed by atoms with van der Waals surface area (Å²) < 4.78 is 21.9. The van der Waals surface area contributed by atoms with E-state index in [-0.39, 0.29) is 11.6 Å². The molecule has 0 rings (SSSR count). The molecule has 0 saturated heterocycles. The summed E-state index contributed by atoms with van der Waals surface area (Å²) in [5.74, 6) is -1.48. The Labute approximate surface area is 80.9 Å². The van der Waals surface area contributed by atoms with Crippen LogP contribution in [0.1, 0.15) is 0 Å². The van der Waals surface area contributed by atoms with Crippen molar-refractivity contribution in [2.24, 2.45) is 5.73 Å². The largest absolute Gasteiger partial charge is 0.368 e. The van der Waals surface area contributed by atoms with Gasteiger partial charge in [-0.1, -0.05) is 0 Å². The summed E-state index contributed by atoms with van der Waals surface area (Å²) in [4.78, 5) is 10.4. The van der Waals surface area contributed by atoms with Crippen LogP contribution in [-0.4, -0.2) is 37.1 Å². The number of carbonyl (C=O) groups is 1. The fourth-order valence-electron chi connectivity index (χ4n) is 0.506. The first-order valence-corrected chi connectivity index (χ1v) is 5.88. The zero-order valence-corrected chi connectivity index (χ0v) is 8.49. The van der Waals surface area contributed by atoms with E-state index < -0.39 is 26.9 Å². The quantitative estimate of drug-likeness (QED) is 0.665. The Morgan fingerprint density at radius 3 is 2.33 bits per heavy atom. The van der Waals surface area contributed by atoms with Crippen molar-refractivity contribution < 1.29 is 13.2 Å². The van der Waals surface area contributed by atoms with Crippen molar-refractivity contribution in [3.63, 3.8) is 0 Å². The van der Waals surface area contributed by atoms with Gasteiger partial charge in [-0.25, -0.2) is 8.42 Å². The average Bonchev–Trinajstić information content (AvgIpc) is 1.85. The van der Waals surface area contributed by atoms with Crippen LogP contribution in [-0.2, 0) is 14.6 Å². The Morgan fingerprint density at radius 1 is 1.50 bits per heavy atom. The van der Waals surface area contributed by atoms with E-state index in [0.717, 1.165) is 0 Å². The van der Waals surface area contributed by atoms with Gasteiger partial charge in [-0.15, -0.1) is 23.2 Å². The van der Waals surface area contributed by atoms with Crippen LogP contribution in [0.4, 0.5) is 0 Å². The van der Waals surface area contributed by atoms with Gasteiger partial charge in [-0.3, -0.25) is 4.79 Å². The number of hydrogen-bond donors (Lipinski definition) is 1. The third-order valence-electron chi connectivity index (χ3n) is 1.10. The number of carbonyl (C=O) groups excluding carboxylic acids is 1. The topological polar surface area (TPSA) is 77.2 Å². The molecule has 0 aromatic heterocycles. The van der Waals surface area contributed by atoms with Crippen molar-refractivity contribution in [1.82, 2.24) is 0 Å². The van der Waals surface area contributed by atoms with Gasteiger partial charge >= 0.3 is 0 Å². The molecular weight excluding hydrogens is 225 g/mol. The highest BCUT2D eigenvalue weighted by Crippen LogP contribution is 2.02. The Balaban J connectivity index is 4.16. The van der Waals surface area contributed by atoms with Crippen LogP contribution in [0, 0.1) is 0 Å². The first-order valence-electron chi connectivity index (χ1n) is 3.09. The fraction of sp³-hybridized carbons (Fsp3) is 0.800. The lowest BCUT2D eigenvalue weighted by atomic mass is 10.5. The summed E-state index contributed by atoms with van der Waals surface area (Å²) in [6.45, 7) is 0. The summed E-state index contributed by atoms with van der Waals surface area (Å²) in [6.07, 6.45) is 0. The van der Waals surface area contributed by atoms with Crippen LogP contribution >= 0.6 is 23.2 Å². The molecule has 0 spiro atoms. The van der Waals surface area contributed by atoms with E-state index in [4.69, 9.17) is 28.9 Å². The van der Waals surface area contributed by atoms with E-state index in [2.05, 4.69) is 0 Å². The first kappa shape index (κ1) is 12.0. The Kier molecular flexibility index (Phi) is 4.89. The van der Waals surface area contributed by atoms with Gasteiger partial charge in [0, 0.05) is 5.88 Å². The van der Waals surface area contributed by atoms with E-state index in [0.29, 0.717) is 0 Å². The highest BCUT2D eigenvalue weighted by atomic mass is 35.5. The number of primary amides is 1. The molecule has 0 heterocycles. The van der Waals surface area contributed by atoms with Gasteiger partial charge in [0.15, 0.2) is 9.84 Å². The molecule has 1 unspecified atom stereocenters. The predicted octanol–water partition coefficient (Wildman–Crippen LogP) is -0.267. The van der Waals surface area contributed by atoms with Gasteiger partial charge in [-0.2, -0.15) is 0 Å². The summed E-state index contributed by atoms with van der Waals surface area (Å²) in [6, 6.07) is 0. The molecule has 0 saturated carbocycles. The van der Waals surface area contributed by atoms with Crippen molar-refractivity contribution in [3.8, 4) is 0 Å². The van der Waals surface area contributed by atoms with E-state index in [1.54, 1.807) is 0 Å². The van der Waals surface area contributed by atoms with Gasteiger partial charge in [0.1, 0.15) is 5.38 Å². The average molecular weight is 234 g/mol. The minimum absolute atomic E-state index is 0.00922. The minimum atomic E-state index is -3.34. The van der Waals surface area contributed by atoms with Crippen molar-refractivity contribution >= 4 is 38.9 Å². The number of rotatable bonds is 5. The van der Waals surface area contributed by atoms with Crippen LogP contribution in [0.5, 0.6) is 0 Å². The predicted molar refractivity (Wildman–Crippen MR) is 48.2 cm³/mol. The monoisotopic (exact) mass is 233 g/mol. The standard InChI is InChI=1S/C5H9Cl2NO3S/c6-1-2-12(10,11)3-4(7)5(8)9/h4H,1-3H2,(H2,8,9). The summed E-state index contributed by atoms with van der Waals surface area (Å²) in [7, 11) is -3.34. The highest BCUT2D eigenvalue weighted by Gasteiger charge is 2.20. The maximum Gasteiger partial charge on any atom is 0.236 e. The van der Waals surface area contributed by atoms with Crippen molar-refractivity contribution in [2.45, 2.75) is 5.38 Å². The van der Waals surface area contributed by atoms with Crippen LogP contribution in [0.3, 0.4) is 0 Å². The molecule has 1 atom stereocenters. The molecule has 0 fully saturated rings. The van der Waals surface area contributed by atoms with Crippen molar-refractivity contribution in [2.75, 3.05) is 17.4 Å². The Bertz CT molecular complexity index is 251. The van der Waals surface area contributed by atoms with Crippen LogP contribution in [0.2, 0.25) is 0 Å². The second-order valence-electron chi connectivity index (χ2n) is 2.17. The zero-order chi connectivity index (χ0) is 9.78.